The average Bonchev–Trinajstić information content (AvgIpc) is 2.44. The summed E-state index contributed by atoms with van der Waals surface area (Å²) in [5.74, 6) is 1.40. The second kappa shape index (κ2) is 7.25. The van der Waals surface area contributed by atoms with Gasteiger partial charge in [-0.15, -0.1) is 0 Å². The Balaban J connectivity index is 2.22. The molecule has 0 saturated carbocycles. The molecule has 20 heavy (non-hydrogen) atoms. The Kier molecular flexibility index (Phi) is 5.36. The van der Waals surface area contributed by atoms with Crippen molar-refractivity contribution in [2.75, 3.05) is 13.2 Å². The number of nitrogens with one attached hydrogen (secondary N) is 1. The lowest BCUT2D eigenvalue weighted by Crippen LogP contribution is -2.19. The van der Waals surface area contributed by atoms with Crippen molar-refractivity contribution in [3.63, 3.8) is 0 Å². The van der Waals surface area contributed by atoms with Crippen molar-refractivity contribution < 1.29 is 4.74 Å². The monoisotopic (exact) mass is 272 g/mol. The Labute approximate surface area is 121 Å². The Bertz CT molecular complexity index is 552. The maximum atomic E-state index is 5.80. The maximum absolute atomic E-state index is 5.80. The van der Waals surface area contributed by atoms with Gasteiger partial charge in [-0.2, -0.15) is 0 Å². The van der Waals surface area contributed by atoms with Crippen LogP contribution in [0.2, 0.25) is 0 Å². The number of rotatable bonds is 7. The molecule has 0 bridgehead atoms. The van der Waals surface area contributed by atoms with Crippen molar-refractivity contribution in [3.05, 3.63) is 36.0 Å². The van der Waals surface area contributed by atoms with Gasteiger partial charge in [0.2, 0.25) is 5.88 Å². The minimum Gasteiger partial charge on any atom is -0.477 e. The molecule has 0 aliphatic rings. The van der Waals surface area contributed by atoms with Gasteiger partial charge < -0.3 is 10.1 Å². The normalized spacial score (nSPS) is 11.2. The third kappa shape index (κ3) is 3.94. The minimum absolute atomic E-state index is 0.645. The van der Waals surface area contributed by atoms with E-state index in [2.05, 4.69) is 55.3 Å². The molecule has 0 radical (unpaired) electrons. The van der Waals surface area contributed by atoms with E-state index >= 15 is 0 Å². The van der Waals surface area contributed by atoms with Gasteiger partial charge in [0.1, 0.15) is 0 Å². The molecule has 0 unspecified atom stereocenters. The lowest BCUT2D eigenvalue weighted by Gasteiger charge is -2.11. The van der Waals surface area contributed by atoms with Gasteiger partial charge in [0.15, 0.2) is 0 Å². The fourth-order valence-corrected chi connectivity index (χ4v) is 2.11. The number of ether oxygens (including phenoxy) is 1. The summed E-state index contributed by atoms with van der Waals surface area (Å²) in [5, 5.41) is 5.71. The number of benzene rings is 1. The van der Waals surface area contributed by atoms with E-state index in [0.717, 1.165) is 36.5 Å². The van der Waals surface area contributed by atoms with Crippen molar-refractivity contribution in [1.82, 2.24) is 10.3 Å². The van der Waals surface area contributed by atoms with Crippen LogP contribution in [0, 0.1) is 5.92 Å². The molecule has 0 spiro atoms. The Morgan fingerprint density at radius 2 is 2.05 bits per heavy atom. The van der Waals surface area contributed by atoms with Crippen LogP contribution >= 0.6 is 0 Å². The molecule has 0 fully saturated rings. The molecule has 3 heteroatoms. The summed E-state index contributed by atoms with van der Waals surface area (Å²) in [7, 11) is 0. The van der Waals surface area contributed by atoms with Crippen LogP contribution in [0.3, 0.4) is 0 Å². The van der Waals surface area contributed by atoms with Crippen LogP contribution in [-0.2, 0) is 6.54 Å². The van der Waals surface area contributed by atoms with Gasteiger partial charge in [-0.25, -0.2) is 4.98 Å². The smallest absolute Gasteiger partial charge is 0.221 e. The van der Waals surface area contributed by atoms with Crippen LogP contribution in [0.25, 0.3) is 10.8 Å². The fourth-order valence-electron chi connectivity index (χ4n) is 2.11. The van der Waals surface area contributed by atoms with E-state index in [1.807, 2.05) is 6.07 Å². The van der Waals surface area contributed by atoms with Crippen molar-refractivity contribution in [2.45, 2.75) is 33.7 Å². The fraction of sp³-hybridized carbons (Fsp3) is 0.471. The summed E-state index contributed by atoms with van der Waals surface area (Å²) >= 11 is 0. The first-order valence-corrected chi connectivity index (χ1v) is 7.43. The van der Waals surface area contributed by atoms with E-state index in [0.29, 0.717) is 12.5 Å². The molecule has 3 nitrogen and oxygen atoms in total. The Hall–Kier alpha value is -1.61. The van der Waals surface area contributed by atoms with Crippen LogP contribution in [0.4, 0.5) is 0 Å². The van der Waals surface area contributed by atoms with Crippen molar-refractivity contribution in [2.24, 2.45) is 5.92 Å². The van der Waals surface area contributed by atoms with Gasteiger partial charge in [0.05, 0.1) is 12.3 Å². The molecular formula is C17H24N2O. The summed E-state index contributed by atoms with van der Waals surface area (Å²) in [5.41, 5.74) is 1.04. The predicted octanol–water partition coefficient (Wildman–Crippen LogP) is 3.77. The van der Waals surface area contributed by atoms with Crippen molar-refractivity contribution >= 4 is 10.8 Å². The van der Waals surface area contributed by atoms with E-state index in [-0.39, 0.29) is 0 Å². The van der Waals surface area contributed by atoms with Crippen LogP contribution in [0.1, 0.15) is 32.9 Å². The minimum atomic E-state index is 0.645. The third-order valence-electron chi connectivity index (χ3n) is 3.06. The molecule has 1 N–H and O–H groups in total. The topological polar surface area (TPSA) is 34.1 Å². The standard InChI is InChI=1S/C17H24N2O/c1-4-9-20-17-16-8-6-5-7-14(16)10-15(19-17)12-18-11-13(2)3/h5-8,10,13,18H,4,9,11-12H2,1-3H3. The van der Waals surface area contributed by atoms with E-state index in [9.17, 15) is 0 Å². The summed E-state index contributed by atoms with van der Waals surface area (Å²) in [6.07, 6.45) is 0.992. The lowest BCUT2D eigenvalue weighted by molar-refractivity contribution is 0.308. The predicted molar refractivity (Wildman–Crippen MR) is 84.1 cm³/mol. The van der Waals surface area contributed by atoms with Gasteiger partial charge in [-0.1, -0.05) is 39.0 Å². The zero-order valence-corrected chi connectivity index (χ0v) is 12.6. The Morgan fingerprint density at radius 1 is 1.25 bits per heavy atom. The summed E-state index contributed by atoms with van der Waals surface area (Å²) < 4.78 is 5.80. The van der Waals surface area contributed by atoms with Gasteiger partial charge in [-0.05, 0) is 36.4 Å². The molecule has 2 rings (SSSR count). The third-order valence-corrected chi connectivity index (χ3v) is 3.06. The molecule has 1 aromatic carbocycles. The zero-order chi connectivity index (χ0) is 14.4. The van der Waals surface area contributed by atoms with Gasteiger partial charge in [0.25, 0.3) is 0 Å². The van der Waals surface area contributed by atoms with E-state index in [1.54, 1.807) is 0 Å². The molecule has 0 aliphatic carbocycles. The van der Waals surface area contributed by atoms with E-state index in [1.165, 1.54) is 5.39 Å². The number of nitrogens with zero attached hydrogens (tertiary/aromatic N) is 1. The van der Waals surface area contributed by atoms with Crippen LogP contribution < -0.4 is 10.1 Å². The average molecular weight is 272 g/mol. The summed E-state index contributed by atoms with van der Waals surface area (Å²) in [4.78, 5) is 4.65. The molecule has 108 valence electrons. The second-order valence-electron chi connectivity index (χ2n) is 5.51. The molecule has 0 aliphatic heterocycles. The molecule has 0 atom stereocenters. The molecular weight excluding hydrogens is 248 g/mol. The Morgan fingerprint density at radius 3 is 2.80 bits per heavy atom. The van der Waals surface area contributed by atoms with Crippen LogP contribution in [0.15, 0.2) is 30.3 Å². The second-order valence-corrected chi connectivity index (χ2v) is 5.51. The quantitative estimate of drug-likeness (QED) is 0.833. The summed E-state index contributed by atoms with van der Waals surface area (Å²) in [6, 6.07) is 10.4. The van der Waals surface area contributed by atoms with Gasteiger partial charge >= 0.3 is 0 Å². The van der Waals surface area contributed by atoms with Crippen LogP contribution in [-0.4, -0.2) is 18.1 Å². The molecule has 1 heterocycles. The lowest BCUT2D eigenvalue weighted by atomic mass is 10.1. The number of hydrogen-bond donors (Lipinski definition) is 1. The molecule has 2 aromatic rings. The summed E-state index contributed by atoms with van der Waals surface area (Å²) in [6.45, 7) is 9.01. The number of aromatic nitrogens is 1. The first-order chi connectivity index (χ1) is 9.70. The highest BCUT2D eigenvalue weighted by Gasteiger charge is 2.07. The highest BCUT2D eigenvalue weighted by atomic mass is 16.5. The van der Waals surface area contributed by atoms with Crippen molar-refractivity contribution in [3.8, 4) is 5.88 Å². The van der Waals surface area contributed by atoms with Crippen molar-refractivity contribution in [1.29, 1.82) is 0 Å². The highest BCUT2D eigenvalue weighted by molar-refractivity contribution is 5.87. The van der Waals surface area contributed by atoms with E-state index < -0.39 is 0 Å². The van der Waals surface area contributed by atoms with Gasteiger partial charge in [-0.3, -0.25) is 0 Å². The molecule has 0 amide bonds. The first kappa shape index (κ1) is 14.8. The van der Waals surface area contributed by atoms with Crippen LogP contribution in [0.5, 0.6) is 5.88 Å². The SMILES string of the molecule is CCCOc1nc(CNCC(C)C)cc2ccccc12. The van der Waals surface area contributed by atoms with E-state index in [4.69, 9.17) is 4.74 Å². The first-order valence-electron chi connectivity index (χ1n) is 7.43. The number of fused-ring (bicyclic) bond motifs is 1. The molecule has 0 saturated heterocycles. The molecule has 1 aromatic heterocycles. The zero-order valence-electron chi connectivity index (χ0n) is 12.6. The highest BCUT2D eigenvalue weighted by Crippen LogP contribution is 2.24. The maximum Gasteiger partial charge on any atom is 0.221 e. The number of hydrogen-bond acceptors (Lipinski definition) is 3. The number of pyridine rings is 1. The largest absolute Gasteiger partial charge is 0.477 e. The van der Waals surface area contributed by atoms with Gasteiger partial charge in [0, 0.05) is 11.9 Å².